The van der Waals surface area contributed by atoms with E-state index in [0.29, 0.717) is 39.4 Å². The molecule has 2 atom stereocenters. The van der Waals surface area contributed by atoms with Gasteiger partial charge in [-0.1, -0.05) is 48.4 Å². The van der Waals surface area contributed by atoms with Crippen LogP contribution in [0.2, 0.25) is 0 Å². The predicted molar refractivity (Wildman–Crippen MR) is 149 cm³/mol. The van der Waals surface area contributed by atoms with E-state index in [9.17, 15) is 9.59 Å². The summed E-state index contributed by atoms with van der Waals surface area (Å²) in [6.07, 6.45) is 3.93. The Hall–Kier alpha value is -4.60. The smallest absolute Gasteiger partial charge is 0.250 e. The Labute approximate surface area is 232 Å². The number of ether oxygens (including phenoxy) is 3. The normalized spacial score (nSPS) is 14.9. The highest BCUT2D eigenvalue weighted by Crippen LogP contribution is 2.32. The summed E-state index contributed by atoms with van der Waals surface area (Å²) in [4.78, 5) is 28.0. The number of aromatic nitrogens is 3. The van der Waals surface area contributed by atoms with Gasteiger partial charge in [-0.15, -0.1) is 5.10 Å². The average molecular weight is 544 g/mol. The van der Waals surface area contributed by atoms with Gasteiger partial charge in [-0.3, -0.25) is 9.59 Å². The van der Waals surface area contributed by atoms with E-state index in [2.05, 4.69) is 20.9 Å². The number of para-hydroxylation sites is 2. The molecular weight excluding hydrogens is 510 g/mol. The summed E-state index contributed by atoms with van der Waals surface area (Å²) in [5.74, 6) is 0.764. The first-order chi connectivity index (χ1) is 19.5. The van der Waals surface area contributed by atoms with Crippen LogP contribution in [0.3, 0.4) is 0 Å². The Morgan fingerprint density at radius 3 is 2.25 bits per heavy atom. The number of benzene rings is 3. The SMILES string of the molecule is COc1cc(OC)cc([C@H](NC(=O)[C@@H](c2ccccc2OC)n2nnc3ccccc32)C(=O)NC2CCCC2)c1. The highest BCUT2D eigenvalue weighted by atomic mass is 16.5. The molecule has 1 aliphatic carbocycles. The molecule has 1 saturated carbocycles. The number of fused-ring (bicyclic) bond motifs is 1. The van der Waals surface area contributed by atoms with Crippen molar-refractivity contribution in [3.05, 3.63) is 77.9 Å². The van der Waals surface area contributed by atoms with Crippen LogP contribution in [-0.2, 0) is 9.59 Å². The van der Waals surface area contributed by atoms with Crippen molar-refractivity contribution in [3.8, 4) is 17.2 Å². The van der Waals surface area contributed by atoms with Crippen molar-refractivity contribution in [2.24, 2.45) is 0 Å². The molecule has 10 heteroatoms. The molecule has 2 N–H and O–H groups in total. The van der Waals surface area contributed by atoms with E-state index in [1.807, 2.05) is 42.5 Å². The van der Waals surface area contributed by atoms with Gasteiger partial charge in [0.15, 0.2) is 6.04 Å². The number of rotatable bonds is 10. The number of amides is 2. The van der Waals surface area contributed by atoms with Crippen molar-refractivity contribution >= 4 is 22.8 Å². The molecule has 40 heavy (non-hydrogen) atoms. The fourth-order valence-electron chi connectivity index (χ4n) is 5.23. The molecule has 5 rings (SSSR count). The van der Waals surface area contributed by atoms with E-state index in [-0.39, 0.29) is 11.9 Å². The maximum atomic E-state index is 14.3. The van der Waals surface area contributed by atoms with Crippen molar-refractivity contribution in [2.45, 2.75) is 43.8 Å². The van der Waals surface area contributed by atoms with Crippen LogP contribution in [0, 0.1) is 0 Å². The third-order valence-corrected chi connectivity index (χ3v) is 7.26. The largest absolute Gasteiger partial charge is 0.497 e. The van der Waals surface area contributed by atoms with E-state index >= 15 is 0 Å². The number of hydrogen-bond acceptors (Lipinski definition) is 7. The first-order valence-electron chi connectivity index (χ1n) is 13.3. The van der Waals surface area contributed by atoms with Gasteiger partial charge in [0.05, 0.1) is 26.8 Å². The summed E-state index contributed by atoms with van der Waals surface area (Å²) in [5, 5.41) is 14.7. The number of nitrogens with zero attached hydrogens (tertiary/aromatic N) is 3. The zero-order chi connectivity index (χ0) is 28.1. The Kier molecular flexibility index (Phi) is 8.14. The van der Waals surface area contributed by atoms with Gasteiger partial charge in [-0.05, 0) is 48.7 Å². The van der Waals surface area contributed by atoms with E-state index in [1.54, 1.807) is 36.1 Å². The number of nitrogens with one attached hydrogen (secondary N) is 2. The molecule has 0 saturated heterocycles. The zero-order valence-electron chi connectivity index (χ0n) is 22.8. The molecule has 0 unspecified atom stereocenters. The van der Waals surface area contributed by atoms with E-state index in [0.717, 1.165) is 25.7 Å². The minimum absolute atomic E-state index is 0.0590. The van der Waals surface area contributed by atoms with E-state index in [1.165, 1.54) is 14.2 Å². The molecule has 2 amide bonds. The summed E-state index contributed by atoms with van der Waals surface area (Å²) >= 11 is 0. The van der Waals surface area contributed by atoms with E-state index < -0.39 is 18.0 Å². The standard InChI is InChI=1S/C30H33N5O5/c1-38-21-16-19(17-22(18-21)39-2)27(29(36)31-20-10-4-5-11-20)32-30(37)28(23-12-6-9-15-26(23)40-3)35-25-14-8-7-13-24(25)33-34-35/h6-9,12-18,20,27-28H,4-5,10-11H2,1-3H3,(H,31,36)(H,32,37)/t27-,28+/m0/s1. The molecule has 10 nitrogen and oxygen atoms in total. The molecule has 0 radical (unpaired) electrons. The fourth-order valence-corrected chi connectivity index (χ4v) is 5.23. The van der Waals surface area contributed by atoms with Crippen molar-refractivity contribution in [3.63, 3.8) is 0 Å². The first-order valence-corrected chi connectivity index (χ1v) is 13.3. The van der Waals surface area contributed by atoms with Crippen LogP contribution in [0.25, 0.3) is 11.0 Å². The Morgan fingerprint density at radius 1 is 0.875 bits per heavy atom. The quantitative estimate of drug-likeness (QED) is 0.311. The molecule has 0 bridgehead atoms. The molecule has 4 aromatic rings. The number of carbonyl (C=O) groups excluding carboxylic acids is 2. The Morgan fingerprint density at radius 2 is 1.55 bits per heavy atom. The fraction of sp³-hybridized carbons (Fsp3) is 0.333. The van der Waals surface area contributed by atoms with Gasteiger partial charge in [0.25, 0.3) is 5.91 Å². The Balaban J connectivity index is 1.58. The van der Waals surface area contributed by atoms with Gasteiger partial charge in [-0.25, -0.2) is 4.68 Å². The summed E-state index contributed by atoms with van der Waals surface area (Å²) in [5.41, 5.74) is 2.42. The lowest BCUT2D eigenvalue weighted by atomic mass is 10.0. The van der Waals surface area contributed by atoms with Gasteiger partial charge in [0.1, 0.15) is 28.8 Å². The maximum absolute atomic E-state index is 14.3. The third-order valence-electron chi connectivity index (χ3n) is 7.26. The van der Waals surface area contributed by atoms with Gasteiger partial charge >= 0.3 is 0 Å². The van der Waals surface area contributed by atoms with Crippen LogP contribution in [0.1, 0.15) is 48.9 Å². The number of methoxy groups -OCH3 is 3. The van der Waals surface area contributed by atoms with Crippen molar-refractivity contribution < 1.29 is 23.8 Å². The minimum atomic E-state index is -1.02. The van der Waals surface area contributed by atoms with Crippen LogP contribution in [0.15, 0.2) is 66.7 Å². The zero-order valence-corrected chi connectivity index (χ0v) is 22.8. The second kappa shape index (κ2) is 12.1. The van der Waals surface area contributed by atoms with Crippen LogP contribution < -0.4 is 24.8 Å². The van der Waals surface area contributed by atoms with E-state index in [4.69, 9.17) is 14.2 Å². The lowest BCUT2D eigenvalue weighted by molar-refractivity contribution is -0.130. The highest BCUT2D eigenvalue weighted by Gasteiger charge is 2.34. The molecule has 1 aromatic heterocycles. The van der Waals surface area contributed by atoms with Crippen LogP contribution in [0.4, 0.5) is 0 Å². The third kappa shape index (κ3) is 5.56. The van der Waals surface area contributed by atoms with Crippen molar-refractivity contribution in [1.82, 2.24) is 25.6 Å². The second-order valence-electron chi connectivity index (χ2n) is 9.74. The lowest BCUT2D eigenvalue weighted by Crippen LogP contribution is -2.45. The second-order valence-corrected chi connectivity index (χ2v) is 9.74. The van der Waals surface area contributed by atoms with Crippen molar-refractivity contribution in [1.29, 1.82) is 0 Å². The summed E-state index contributed by atoms with van der Waals surface area (Å²) < 4.78 is 18.1. The van der Waals surface area contributed by atoms with Crippen molar-refractivity contribution in [2.75, 3.05) is 21.3 Å². The molecule has 1 aliphatic rings. The van der Waals surface area contributed by atoms with Gasteiger partial charge in [0.2, 0.25) is 5.91 Å². The molecule has 0 spiro atoms. The molecule has 208 valence electrons. The van der Waals surface area contributed by atoms with Crippen LogP contribution >= 0.6 is 0 Å². The average Bonchev–Trinajstić information content (AvgIpc) is 3.66. The monoisotopic (exact) mass is 543 g/mol. The molecule has 0 aliphatic heterocycles. The Bertz CT molecular complexity index is 1470. The molecule has 1 fully saturated rings. The number of carbonyl (C=O) groups is 2. The maximum Gasteiger partial charge on any atom is 0.250 e. The topological polar surface area (TPSA) is 117 Å². The molecular formula is C30H33N5O5. The van der Waals surface area contributed by atoms with Crippen LogP contribution in [0.5, 0.6) is 17.2 Å². The summed E-state index contributed by atoms with van der Waals surface area (Å²) in [6, 6.07) is 17.9. The van der Waals surface area contributed by atoms with Gasteiger partial charge in [-0.2, -0.15) is 0 Å². The van der Waals surface area contributed by atoms with Gasteiger partial charge in [0, 0.05) is 17.7 Å². The molecule has 3 aromatic carbocycles. The highest BCUT2D eigenvalue weighted by molar-refractivity contribution is 5.92. The van der Waals surface area contributed by atoms with Gasteiger partial charge < -0.3 is 24.8 Å². The summed E-state index contributed by atoms with van der Waals surface area (Å²) in [6.45, 7) is 0. The van der Waals surface area contributed by atoms with Crippen LogP contribution in [-0.4, -0.2) is 54.2 Å². The number of hydrogen-bond donors (Lipinski definition) is 2. The first kappa shape index (κ1) is 27.0. The lowest BCUT2D eigenvalue weighted by Gasteiger charge is -2.26. The summed E-state index contributed by atoms with van der Waals surface area (Å²) in [7, 11) is 4.63. The molecule has 1 heterocycles. The predicted octanol–water partition coefficient (Wildman–Crippen LogP) is 3.96. The minimum Gasteiger partial charge on any atom is -0.497 e.